The van der Waals surface area contributed by atoms with E-state index in [4.69, 9.17) is 0 Å². The first-order valence-corrected chi connectivity index (χ1v) is 3.15. The molecule has 0 radical (unpaired) electrons. The number of carbonyl (C=O) groups excluding carboxylic acids is 2. The van der Waals surface area contributed by atoms with Crippen LogP contribution in [0.5, 0.6) is 0 Å². The van der Waals surface area contributed by atoms with Crippen molar-refractivity contribution in [3.63, 3.8) is 0 Å². The molecule has 0 aromatic carbocycles. The number of thiol groups is 2. The Balaban J connectivity index is 3.68. The van der Waals surface area contributed by atoms with Gasteiger partial charge in [0.15, 0.2) is 0 Å². The van der Waals surface area contributed by atoms with E-state index in [1.807, 2.05) is 0 Å². The smallest absolute Gasteiger partial charge is 0.338 e. The van der Waals surface area contributed by atoms with Gasteiger partial charge in [0.05, 0.1) is 0 Å². The van der Waals surface area contributed by atoms with Gasteiger partial charge in [0, 0.05) is 19.8 Å². The highest BCUT2D eigenvalue weighted by atomic mass is 32.1. The largest absolute Gasteiger partial charge is 0.393 e. The van der Waals surface area contributed by atoms with Gasteiger partial charge < -0.3 is 4.18 Å². The highest BCUT2D eigenvalue weighted by Gasteiger charge is 2.09. The Hall–Kier alpha value is -0.360. The first kappa shape index (κ1) is 9.64. The quantitative estimate of drug-likeness (QED) is 0.468. The Morgan fingerprint density at radius 3 is 2.40 bits per heavy atom. The first-order valence-electron chi connectivity index (χ1n) is 2.39. The summed E-state index contributed by atoms with van der Waals surface area (Å²) in [5, 5.41) is 0. The van der Waals surface area contributed by atoms with E-state index in [0.29, 0.717) is 0 Å². The lowest BCUT2D eigenvalue weighted by Crippen LogP contribution is -2.25. The Kier molecular flexibility index (Phi) is 4.29. The number of hydrogen-bond acceptors (Lipinski definition) is 5. The van der Waals surface area contributed by atoms with Crippen LogP contribution >= 0.6 is 25.7 Å². The molecule has 10 heavy (non-hydrogen) atoms. The van der Waals surface area contributed by atoms with Crippen molar-refractivity contribution in [3.8, 4) is 0 Å². The molecule has 6 heteroatoms. The van der Waals surface area contributed by atoms with E-state index in [-0.39, 0.29) is 12.5 Å². The van der Waals surface area contributed by atoms with E-state index in [2.05, 4.69) is 29.9 Å². The second-order valence-electron chi connectivity index (χ2n) is 1.54. The van der Waals surface area contributed by atoms with Crippen LogP contribution in [0.25, 0.3) is 0 Å². The maximum Gasteiger partial charge on any atom is 0.338 e. The highest BCUT2D eigenvalue weighted by molar-refractivity contribution is 7.78. The molecule has 1 amide bonds. The molecule has 4 nitrogen and oxygen atoms in total. The van der Waals surface area contributed by atoms with Gasteiger partial charge in [-0.05, 0) is 0 Å². The molecule has 0 heterocycles. The van der Waals surface area contributed by atoms with Crippen molar-refractivity contribution in [2.24, 2.45) is 0 Å². The Bertz CT molecular complexity index is 149. The molecular formula is C4H7NO3S2. The third-order valence-corrected chi connectivity index (χ3v) is 1.37. The van der Waals surface area contributed by atoms with Gasteiger partial charge in [-0.3, -0.25) is 9.10 Å². The van der Waals surface area contributed by atoms with E-state index in [1.165, 1.54) is 6.92 Å². The lowest BCUT2D eigenvalue weighted by atomic mass is 10.6. The van der Waals surface area contributed by atoms with Gasteiger partial charge in [0.25, 0.3) is 0 Å². The van der Waals surface area contributed by atoms with Crippen molar-refractivity contribution < 1.29 is 13.8 Å². The summed E-state index contributed by atoms with van der Waals surface area (Å²) in [5.41, 5.74) is 0. The topological polar surface area (TPSA) is 46.6 Å². The maximum atomic E-state index is 10.4. The van der Waals surface area contributed by atoms with Crippen LogP contribution in [0.4, 0.5) is 0 Å². The second kappa shape index (κ2) is 4.45. The van der Waals surface area contributed by atoms with E-state index in [0.717, 1.165) is 4.31 Å². The van der Waals surface area contributed by atoms with Gasteiger partial charge in [-0.1, -0.05) is 12.8 Å². The molecular weight excluding hydrogens is 174 g/mol. The van der Waals surface area contributed by atoms with Gasteiger partial charge in [-0.15, -0.1) is 0 Å². The van der Waals surface area contributed by atoms with Crippen LogP contribution < -0.4 is 0 Å². The normalized spacial score (nSPS) is 8.70. The Morgan fingerprint density at radius 1 is 1.60 bits per heavy atom. The predicted molar refractivity (Wildman–Crippen MR) is 41.5 cm³/mol. The van der Waals surface area contributed by atoms with Crippen molar-refractivity contribution >= 4 is 37.6 Å². The molecule has 0 aliphatic rings. The first-order chi connectivity index (χ1) is 4.57. The fourth-order valence-electron chi connectivity index (χ4n) is 0.262. The van der Waals surface area contributed by atoms with Crippen LogP contribution in [0.15, 0.2) is 0 Å². The third-order valence-electron chi connectivity index (χ3n) is 0.744. The number of nitrogens with zero attached hydrogens (tertiary/aromatic N) is 1. The number of amides is 1. The molecule has 0 aromatic rings. The summed E-state index contributed by atoms with van der Waals surface area (Å²) in [6.45, 7) is 1.10. The van der Waals surface area contributed by atoms with Crippen molar-refractivity contribution in [2.45, 2.75) is 6.92 Å². The standard InChI is InChI=1S/C4H7NO3S2/c1-3(6)5(9)2-4(7)8-10/h9-10H,2H2,1H3. The molecule has 0 saturated heterocycles. The van der Waals surface area contributed by atoms with Crippen molar-refractivity contribution in [3.05, 3.63) is 0 Å². The fraction of sp³-hybridized carbons (Fsp3) is 0.500. The minimum Gasteiger partial charge on any atom is -0.393 e. The monoisotopic (exact) mass is 181 g/mol. The van der Waals surface area contributed by atoms with Crippen molar-refractivity contribution in [1.82, 2.24) is 4.31 Å². The van der Waals surface area contributed by atoms with Gasteiger partial charge in [0.1, 0.15) is 6.54 Å². The maximum absolute atomic E-state index is 10.4. The van der Waals surface area contributed by atoms with Crippen LogP contribution in [0.2, 0.25) is 0 Å². The highest BCUT2D eigenvalue weighted by Crippen LogP contribution is 1.94. The molecule has 0 rings (SSSR count). The summed E-state index contributed by atoms with van der Waals surface area (Å²) in [6, 6.07) is 0. The van der Waals surface area contributed by atoms with Gasteiger partial charge >= 0.3 is 5.97 Å². The van der Waals surface area contributed by atoms with E-state index in [1.54, 1.807) is 0 Å². The lowest BCUT2D eigenvalue weighted by molar-refractivity contribution is -0.136. The summed E-state index contributed by atoms with van der Waals surface area (Å²) in [5.74, 6) is -0.935. The minimum atomic E-state index is -0.617. The average Bonchev–Trinajstić information content (AvgIpc) is 1.87. The van der Waals surface area contributed by atoms with E-state index in [9.17, 15) is 9.59 Å². The minimum absolute atomic E-state index is 0.193. The Morgan fingerprint density at radius 2 is 2.10 bits per heavy atom. The zero-order valence-corrected chi connectivity index (χ0v) is 7.06. The van der Waals surface area contributed by atoms with Gasteiger partial charge in [0.2, 0.25) is 5.91 Å². The van der Waals surface area contributed by atoms with Crippen LogP contribution in [-0.2, 0) is 13.8 Å². The summed E-state index contributed by atoms with van der Waals surface area (Å²) < 4.78 is 4.91. The molecule has 0 fully saturated rings. The zero-order chi connectivity index (χ0) is 8.15. The van der Waals surface area contributed by atoms with Gasteiger partial charge in [-0.2, -0.15) is 0 Å². The number of carbonyl (C=O) groups is 2. The van der Waals surface area contributed by atoms with Crippen molar-refractivity contribution in [2.75, 3.05) is 6.54 Å². The summed E-state index contributed by atoms with van der Waals surface area (Å²) in [4.78, 5) is 20.8. The molecule has 0 bridgehead atoms. The molecule has 0 aliphatic carbocycles. The van der Waals surface area contributed by atoms with Crippen molar-refractivity contribution in [1.29, 1.82) is 0 Å². The molecule has 0 spiro atoms. The number of rotatable bonds is 2. The van der Waals surface area contributed by atoms with Crippen LogP contribution in [-0.4, -0.2) is 22.7 Å². The van der Waals surface area contributed by atoms with Gasteiger partial charge in [-0.25, -0.2) is 4.79 Å². The van der Waals surface area contributed by atoms with Crippen LogP contribution in [0, 0.1) is 0 Å². The summed E-state index contributed by atoms with van der Waals surface area (Å²) in [6.07, 6.45) is 0. The van der Waals surface area contributed by atoms with Crippen LogP contribution in [0.3, 0.4) is 0 Å². The third kappa shape index (κ3) is 3.62. The lowest BCUT2D eigenvalue weighted by Gasteiger charge is -2.09. The molecule has 0 aliphatic heterocycles. The van der Waals surface area contributed by atoms with E-state index < -0.39 is 5.97 Å². The molecule has 0 saturated carbocycles. The van der Waals surface area contributed by atoms with Crippen LogP contribution in [0.1, 0.15) is 6.92 Å². The zero-order valence-electron chi connectivity index (χ0n) is 5.27. The van der Waals surface area contributed by atoms with E-state index >= 15 is 0 Å². The average molecular weight is 181 g/mol. The summed E-state index contributed by atoms with van der Waals surface area (Å²) in [7, 11) is 0. The summed E-state index contributed by atoms with van der Waals surface area (Å²) >= 11 is 6.90. The molecule has 58 valence electrons. The molecule has 0 aromatic heterocycles. The number of hydrogen-bond donors (Lipinski definition) is 2. The fourth-order valence-corrected chi connectivity index (χ4v) is 0.436. The SMILES string of the molecule is CC(=O)N(S)CC(=O)OS. The molecule has 0 unspecified atom stereocenters. The second-order valence-corrected chi connectivity index (χ2v) is 2.21. The molecule has 0 atom stereocenters. The molecule has 0 N–H and O–H groups in total. The predicted octanol–water partition coefficient (Wildman–Crippen LogP) is 0.0677. The Labute approximate surface area is 69.7 Å².